The maximum absolute atomic E-state index is 14.6. The monoisotopic (exact) mass is 585 g/mol. The second kappa shape index (κ2) is 12.0. The van der Waals surface area contributed by atoms with Crippen LogP contribution in [-0.4, -0.2) is 62.3 Å². The summed E-state index contributed by atoms with van der Waals surface area (Å²) in [5.74, 6) is 4.59. The highest BCUT2D eigenvalue weighted by atomic mass is 19.4. The van der Waals surface area contributed by atoms with E-state index < -0.39 is 30.5 Å². The van der Waals surface area contributed by atoms with Gasteiger partial charge in [0.2, 0.25) is 0 Å². The van der Waals surface area contributed by atoms with E-state index in [0.717, 1.165) is 17.2 Å². The maximum atomic E-state index is 14.6. The van der Waals surface area contributed by atoms with E-state index in [4.69, 9.17) is 4.74 Å². The number of aliphatic hydroxyl groups is 1. The Morgan fingerprint density at radius 2 is 1.95 bits per heavy atom. The molecule has 1 atom stereocenters. The third-order valence-electron chi connectivity index (χ3n) is 6.31. The molecule has 218 valence electrons. The molecular weight excluding hydrogens is 561 g/mol. The van der Waals surface area contributed by atoms with Crippen LogP contribution < -0.4 is 15.0 Å². The molecule has 0 radical (unpaired) electrons. The van der Waals surface area contributed by atoms with Crippen LogP contribution >= 0.6 is 0 Å². The van der Waals surface area contributed by atoms with E-state index in [1.165, 1.54) is 38.0 Å². The number of alkyl halides is 3. The van der Waals surface area contributed by atoms with Crippen LogP contribution in [0.3, 0.4) is 0 Å². The van der Waals surface area contributed by atoms with Crippen LogP contribution in [0.5, 0.6) is 5.75 Å². The lowest BCUT2D eigenvalue weighted by molar-refractivity contribution is -0.142. The molecule has 0 spiro atoms. The van der Waals surface area contributed by atoms with Crippen molar-refractivity contribution >= 4 is 17.3 Å². The molecule has 1 aliphatic rings. The van der Waals surface area contributed by atoms with Gasteiger partial charge >= 0.3 is 6.18 Å². The van der Waals surface area contributed by atoms with Crippen LogP contribution in [0.25, 0.3) is 11.4 Å². The zero-order valence-corrected chi connectivity index (χ0v) is 22.2. The Kier molecular flexibility index (Phi) is 8.21. The molecule has 1 aromatic carbocycles. The largest absolute Gasteiger partial charge is 0.496 e. The first-order valence-electron chi connectivity index (χ1n) is 12.8. The zero-order valence-electron chi connectivity index (χ0n) is 22.2. The quantitative estimate of drug-likeness (QED) is 0.249. The van der Waals surface area contributed by atoms with Crippen molar-refractivity contribution in [1.82, 2.24) is 24.7 Å². The van der Waals surface area contributed by atoms with Crippen molar-refractivity contribution in [3.05, 3.63) is 71.8 Å². The topological polar surface area (TPSA) is 101 Å². The molecule has 2 N–H and O–H groups in total. The Bertz CT molecular complexity index is 1650. The zero-order chi connectivity index (χ0) is 29.9. The standard InChI is InChI=1S/C28H24F5N7O2/c1-42-23-10-19(29)9-21(30)26(23)27-34-7-6-24(38-27)37-25-11-22(39-8-2-3-20(41)15-39)18(13-35-25)5-4-17-12-36-40(14-17)16-28(31,32)33/h6-7,9-14,20,41H,2-3,8,15-16H2,1H3,(H,34,35,37,38)/t20-/m0/s1. The number of halogens is 5. The fraction of sp³-hybridized carbons (Fsp3) is 0.286. The molecule has 0 saturated carbocycles. The first kappa shape index (κ1) is 28.7. The first-order chi connectivity index (χ1) is 20.1. The van der Waals surface area contributed by atoms with E-state index in [2.05, 4.69) is 37.2 Å². The molecule has 42 heavy (non-hydrogen) atoms. The number of aromatic nitrogens is 5. The molecule has 1 fully saturated rings. The number of nitrogens with one attached hydrogen (secondary N) is 1. The number of rotatable bonds is 6. The van der Waals surface area contributed by atoms with Crippen molar-refractivity contribution < 1.29 is 31.8 Å². The molecule has 14 heteroatoms. The summed E-state index contributed by atoms with van der Waals surface area (Å²) in [5.41, 5.74) is 1.31. The Hall–Kier alpha value is -4.77. The van der Waals surface area contributed by atoms with Crippen molar-refractivity contribution in [2.75, 3.05) is 30.4 Å². The van der Waals surface area contributed by atoms with Crippen molar-refractivity contribution in [3.63, 3.8) is 0 Å². The van der Waals surface area contributed by atoms with Gasteiger partial charge in [0.25, 0.3) is 0 Å². The predicted molar refractivity (Wildman–Crippen MR) is 143 cm³/mol. The Morgan fingerprint density at radius 1 is 1.12 bits per heavy atom. The minimum atomic E-state index is -4.41. The number of ether oxygens (including phenoxy) is 1. The number of piperidine rings is 1. The normalized spacial score (nSPS) is 15.2. The van der Waals surface area contributed by atoms with Gasteiger partial charge in [-0.1, -0.05) is 11.8 Å². The smallest absolute Gasteiger partial charge is 0.408 e. The summed E-state index contributed by atoms with van der Waals surface area (Å²) >= 11 is 0. The summed E-state index contributed by atoms with van der Waals surface area (Å²) in [5, 5.41) is 17.0. The fourth-order valence-electron chi connectivity index (χ4n) is 4.49. The average Bonchev–Trinajstić information content (AvgIpc) is 3.37. The molecular formula is C28H24F5N7O2. The lowest BCUT2D eigenvalue weighted by Crippen LogP contribution is -2.38. The molecule has 1 saturated heterocycles. The highest BCUT2D eigenvalue weighted by Gasteiger charge is 2.28. The summed E-state index contributed by atoms with van der Waals surface area (Å²) in [6, 6.07) is 4.98. The Morgan fingerprint density at radius 3 is 2.71 bits per heavy atom. The minimum absolute atomic E-state index is 0.0396. The first-order valence-corrected chi connectivity index (χ1v) is 12.8. The third-order valence-corrected chi connectivity index (χ3v) is 6.31. The molecule has 9 nitrogen and oxygen atoms in total. The minimum Gasteiger partial charge on any atom is -0.496 e. The lowest BCUT2D eigenvalue weighted by atomic mass is 10.1. The molecule has 0 bridgehead atoms. The van der Waals surface area contributed by atoms with Crippen molar-refractivity contribution in [1.29, 1.82) is 0 Å². The molecule has 0 aliphatic carbocycles. The SMILES string of the molecule is COc1cc(F)cc(F)c1-c1nccc(Nc2cc(N3CCC[C@H](O)C3)c(C#Cc3cnn(CC(F)(F)F)c3)cn2)n1. The highest BCUT2D eigenvalue weighted by Crippen LogP contribution is 2.32. The lowest BCUT2D eigenvalue weighted by Gasteiger charge is -2.32. The van der Waals surface area contributed by atoms with Crippen molar-refractivity contribution in [3.8, 4) is 29.0 Å². The summed E-state index contributed by atoms with van der Waals surface area (Å²) in [4.78, 5) is 14.8. The number of aliphatic hydroxyl groups excluding tert-OH is 1. The molecule has 1 aliphatic heterocycles. The van der Waals surface area contributed by atoms with Crippen molar-refractivity contribution in [2.24, 2.45) is 0 Å². The van der Waals surface area contributed by atoms with Gasteiger partial charge in [0.15, 0.2) is 5.82 Å². The van der Waals surface area contributed by atoms with Crippen LogP contribution in [0.4, 0.5) is 39.3 Å². The van der Waals surface area contributed by atoms with Crippen LogP contribution in [0, 0.1) is 23.5 Å². The van der Waals surface area contributed by atoms with Crippen LogP contribution in [0.2, 0.25) is 0 Å². The number of nitrogens with zero attached hydrogens (tertiary/aromatic N) is 6. The van der Waals surface area contributed by atoms with Crippen LogP contribution in [0.1, 0.15) is 24.0 Å². The summed E-state index contributed by atoms with van der Waals surface area (Å²) in [6.45, 7) is -0.234. The van der Waals surface area contributed by atoms with Crippen LogP contribution in [0.15, 0.2) is 49.1 Å². The number of methoxy groups -OCH3 is 1. The number of pyridine rings is 1. The van der Waals surface area contributed by atoms with Gasteiger partial charge < -0.3 is 20.1 Å². The predicted octanol–water partition coefficient (Wildman–Crippen LogP) is 4.69. The second-order valence-electron chi connectivity index (χ2n) is 9.48. The molecule has 4 heterocycles. The fourth-order valence-corrected chi connectivity index (χ4v) is 4.49. The summed E-state index contributed by atoms with van der Waals surface area (Å²) in [6.07, 6.45) is 1.79. The molecule has 3 aromatic heterocycles. The van der Waals surface area contributed by atoms with E-state index in [9.17, 15) is 27.1 Å². The summed E-state index contributed by atoms with van der Waals surface area (Å²) in [7, 11) is 1.28. The number of anilines is 3. The molecule has 5 rings (SSSR count). The van der Waals surface area contributed by atoms with E-state index in [1.807, 2.05) is 4.90 Å². The van der Waals surface area contributed by atoms with Gasteiger partial charge in [-0.3, -0.25) is 4.68 Å². The Balaban J connectivity index is 1.45. The van der Waals surface area contributed by atoms with E-state index in [0.29, 0.717) is 48.2 Å². The van der Waals surface area contributed by atoms with Gasteiger partial charge in [-0.2, -0.15) is 18.3 Å². The second-order valence-corrected chi connectivity index (χ2v) is 9.48. The van der Waals surface area contributed by atoms with Gasteiger partial charge in [0.1, 0.15) is 35.6 Å². The van der Waals surface area contributed by atoms with Gasteiger partial charge in [-0.25, -0.2) is 23.7 Å². The van der Waals surface area contributed by atoms with Crippen molar-refractivity contribution in [2.45, 2.75) is 31.7 Å². The number of β-amino-alcohol motifs (C(OH)–C–C–N with tert-alkyl or cyclic N) is 1. The molecule has 0 amide bonds. The Labute approximate surface area is 237 Å². The van der Waals surface area contributed by atoms with E-state index >= 15 is 0 Å². The third kappa shape index (κ3) is 6.92. The van der Waals surface area contributed by atoms with Crippen LogP contribution in [-0.2, 0) is 6.54 Å². The molecule has 4 aromatic rings. The number of benzene rings is 1. The van der Waals surface area contributed by atoms with Gasteiger partial charge in [-0.05, 0) is 18.9 Å². The number of hydrogen-bond acceptors (Lipinski definition) is 8. The van der Waals surface area contributed by atoms with Gasteiger partial charge in [0, 0.05) is 49.9 Å². The maximum Gasteiger partial charge on any atom is 0.408 e. The van der Waals surface area contributed by atoms with E-state index in [1.54, 1.807) is 6.07 Å². The summed E-state index contributed by atoms with van der Waals surface area (Å²) < 4.78 is 72.2. The molecule has 0 unspecified atom stereocenters. The van der Waals surface area contributed by atoms with Gasteiger partial charge in [0.05, 0.1) is 41.8 Å². The number of hydrogen-bond donors (Lipinski definition) is 2. The van der Waals surface area contributed by atoms with E-state index in [-0.39, 0.29) is 23.0 Å². The highest BCUT2D eigenvalue weighted by molar-refractivity contribution is 5.69. The average molecular weight is 586 g/mol. The van der Waals surface area contributed by atoms with Gasteiger partial charge in [-0.15, -0.1) is 0 Å².